The van der Waals surface area contributed by atoms with Crippen LogP contribution >= 0.6 is 11.8 Å². The largest absolute Gasteiger partial charge is 0.496 e. The standard InChI is InChI=1S/C12H19NOS/c1-9(7-8-13)10-5-4-6-11(14-2)12(10)15-3/h4-6,9H,7-8,13H2,1-3H3. The molecule has 3 heteroatoms. The average molecular weight is 225 g/mol. The smallest absolute Gasteiger partial charge is 0.132 e. The molecule has 0 radical (unpaired) electrons. The lowest BCUT2D eigenvalue weighted by molar-refractivity contribution is 0.403. The molecule has 0 aliphatic carbocycles. The number of rotatable bonds is 5. The third-order valence-electron chi connectivity index (χ3n) is 2.56. The number of benzene rings is 1. The number of ether oxygens (including phenoxy) is 1. The first-order valence-electron chi connectivity index (χ1n) is 5.15. The Morgan fingerprint density at radius 2 is 2.20 bits per heavy atom. The quantitative estimate of drug-likeness (QED) is 0.783. The predicted octanol–water partition coefficient (Wildman–Crippen LogP) is 2.87. The topological polar surface area (TPSA) is 35.2 Å². The number of thioether (sulfide) groups is 1. The van der Waals surface area contributed by atoms with E-state index in [9.17, 15) is 0 Å². The van der Waals surface area contributed by atoms with Gasteiger partial charge in [0.15, 0.2) is 0 Å². The summed E-state index contributed by atoms with van der Waals surface area (Å²) >= 11 is 1.73. The second-order valence-electron chi connectivity index (χ2n) is 3.56. The summed E-state index contributed by atoms with van der Waals surface area (Å²) in [5, 5.41) is 0. The van der Waals surface area contributed by atoms with Crippen LogP contribution in [0.2, 0.25) is 0 Å². The van der Waals surface area contributed by atoms with E-state index < -0.39 is 0 Å². The summed E-state index contributed by atoms with van der Waals surface area (Å²) in [6, 6.07) is 6.21. The van der Waals surface area contributed by atoms with Crippen LogP contribution in [-0.2, 0) is 0 Å². The Bertz CT molecular complexity index is 314. The highest BCUT2D eigenvalue weighted by molar-refractivity contribution is 7.98. The molecule has 0 saturated carbocycles. The second kappa shape index (κ2) is 6.03. The highest BCUT2D eigenvalue weighted by Gasteiger charge is 2.13. The van der Waals surface area contributed by atoms with E-state index in [2.05, 4.69) is 19.2 Å². The summed E-state index contributed by atoms with van der Waals surface area (Å²) in [6.07, 6.45) is 3.09. The molecule has 0 saturated heterocycles. The Morgan fingerprint density at radius 1 is 1.47 bits per heavy atom. The molecule has 0 bridgehead atoms. The van der Waals surface area contributed by atoms with Crippen LogP contribution in [0.4, 0.5) is 0 Å². The van der Waals surface area contributed by atoms with Gasteiger partial charge in [-0.05, 0) is 36.8 Å². The molecule has 0 aliphatic rings. The first-order chi connectivity index (χ1) is 7.24. The molecule has 0 aromatic heterocycles. The van der Waals surface area contributed by atoms with Crippen molar-refractivity contribution in [2.45, 2.75) is 24.2 Å². The van der Waals surface area contributed by atoms with Crippen molar-refractivity contribution in [2.75, 3.05) is 19.9 Å². The van der Waals surface area contributed by atoms with E-state index in [1.807, 2.05) is 12.1 Å². The zero-order chi connectivity index (χ0) is 11.3. The maximum Gasteiger partial charge on any atom is 0.132 e. The molecule has 84 valence electrons. The fraction of sp³-hybridized carbons (Fsp3) is 0.500. The van der Waals surface area contributed by atoms with Crippen molar-refractivity contribution in [1.82, 2.24) is 0 Å². The summed E-state index contributed by atoms with van der Waals surface area (Å²) in [7, 11) is 1.71. The van der Waals surface area contributed by atoms with Crippen molar-refractivity contribution in [2.24, 2.45) is 5.73 Å². The van der Waals surface area contributed by atoms with Crippen molar-refractivity contribution in [1.29, 1.82) is 0 Å². The van der Waals surface area contributed by atoms with Crippen molar-refractivity contribution >= 4 is 11.8 Å². The van der Waals surface area contributed by atoms with Gasteiger partial charge in [0.05, 0.1) is 12.0 Å². The van der Waals surface area contributed by atoms with Gasteiger partial charge in [0.25, 0.3) is 0 Å². The van der Waals surface area contributed by atoms with Gasteiger partial charge in [0.2, 0.25) is 0 Å². The number of nitrogens with two attached hydrogens (primary N) is 1. The Kier molecular flexibility index (Phi) is 4.99. The van der Waals surface area contributed by atoms with E-state index >= 15 is 0 Å². The zero-order valence-corrected chi connectivity index (χ0v) is 10.4. The van der Waals surface area contributed by atoms with E-state index in [0.717, 1.165) is 18.7 Å². The van der Waals surface area contributed by atoms with Crippen molar-refractivity contribution in [3.63, 3.8) is 0 Å². The van der Waals surface area contributed by atoms with E-state index in [1.54, 1.807) is 18.9 Å². The Balaban J connectivity index is 3.05. The summed E-state index contributed by atoms with van der Waals surface area (Å²) < 4.78 is 5.35. The van der Waals surface area contributed by atoms with Gasteiger partial charge in [-0.15, -0.1) is 11.8 Å². The summed E-state index contributed by atoms with van der Waals surface area (Å²) in [4.78, 5) is 1.24. The normalized spacial score (nSPS) is 12.5. The van der Waals surface area contributed by atoms with Crippen molar-refractivity contribution in [3.05, 3.63) is 23.8 Å². The van der Waals surface area contributed by atoms with Crippen LogP contribution < -0.4 is 10.5 Å². The van der Waals surface area contributed by atoms with Gasteiger partial charge in [-0.3, -0.25) is 0 Å². The molecular weight excluding hydrogens is 206 g/mol. The molecule has 0 amide bonds. The molecule has 1 unspecified atom stereocenters. The van der Waals surface area contributed by atoms with Crippen LogP contribution in [-0.4, -0.2) is 19.9 Å². The molecule has 1 atom stereocenters. The zero-order valence-electron chi connectivity index (χ0n) is 9.62. The van der Waals surface area contributed by atoms with E-state index in [-0.39, 0.29) is 0 Å². The van der Waals surface area contributed by atoms with E-state index in [0.29, 0.717) is 5.92 Å². The maximum atomic E-state index is 5.59. The first kappa shape index (κ1) is 12.4. The summed E-state index contributed by atoms with van der Waals surface area (Å²) in [5.74, 6) is 1.46. The summed E-state index contributed by atoms with van der Waals surface area (Å²) in [6.45, 7) is 2.94. The minimum absolute atomic E-state index is 0.493. The Labute approximate surface area is 96.2 Å². The molecule has 2 N–H and O–H groups in total. The van der Waals surface area contributed by atoms with Crippen LogP contribution in [0.15, 0.2) is 23.1 Å². The molecule has 0 heterocycles. The fourth-order valence-corrected chi connectivity index (χ4v) is 2.56. The van der Waals surface area contributed by atoms with Gasteiger partial charge in [0, 0.05) is 0 Å². The molecule has 1 rings (SSSR count). The van der Waals surface area contributed by atoms with Crippen LogP contribution in [0.25, 0.3) is 0 Å². The number of hydrogen-bond donors (Lipinski definition) is 1. The lowest BCUT2D eigenvalue weighted by Gasteiger charge is -2.16. The summed E-state index contributed by atoms with van der Waals surface area (Å²) in [5.41, 5.74) is 6.93. The van der Waals surface area contributed by atoms with E-state index in [4.69, 9.17) is 10.5 Å². The Morgan fingerprint density at radius 3 is 2.73 bits per heavy atom. The van der Waals surface area contributed by atoms with Gasteiger partial charge < -0.3 is 10.5 Å². The van der Waals surface area contributed by atoms with Gasteiger partial charge >= 0.3 is 0 Å². The predicted molar refractivity (Wildman–Crippen MR) is 66.9 cm³/mol. The van der Waals surface area contributed by atoms with Gasteiger partial charge in [-0.25, -0.2) is 0 Å². The van der Waals surface area contributed by atoms with Crippen LogP contribution in [0, 0.1) is 0 Å². The molecule has 0 aliphatic heterocycles. The fourth-order valence-electron chi connectivity index (χ4n) is 1.71. The molecule has 0 fully saturated rings. The third-order valence-corrected chi connectivity index (χ3v) is 3.41. The average Bonchev–Trinajstić information content (AvgIpc) is 2.28. The first-order valence-corrected chi connectivity index (χ1v) is 6.38. The highest BCUT2D eigenvalue weighted by Crippen LogP contribution is 2.35. The molecule has 1 aromatic carbocycles. The van der Waals surface area contributed by atoms with E-state index in [1.165, 1.54) is 10.5 Å². The van der Waals surface area contributed by atoms with Gasteiger partial charge in [-0.2, -0.15) is 0 Å². The van der Waals surface area contributed by atoms with Crippen LogP contribution in [0.5, 0.6) is 5.75 Å². The van der Waals surface area contributed by atoms with Gasteiger partial charge in [-0.1, -0.05) is 19.1 Å². The molecule has 1 aromatic rings. The van der Waals surface area contributed by atoms with Gasteiger partial charge in [0.1, 0.15) is 5.75 Å². The molecular formula is C12H19NOS. The lowest BCUT2D eigenvalue weighted by Crippen LogP contribution is -2.05. The monoisotopic (exact) mass is 225 g/mol. The van der Waals surface area contributed by atoms with Crippen LogP contribution in [0.1, 0.15) is 24.8 Å². The molecule has 0 spiro atoms. The number of methoxy groups -OCH3 is 1. The molecule has 15 heavy (non-hydrogen) atoms. The number of hydrogen-bond acceptors (Lipinski definition) is 3. The molecule has 2 nitrogen and oxygen atoms in total. The SMILES string of the molecule is COc1cccc(C(C)CCN)c1SC. The minimum atomic E-state index is 0.493. The van der Waals surface area contributed by atoms with Crippen molar-refractivity contribution < 1.29 is 4.74 Å². The maximum absolute atomic E-state index is 5.59. The minimum Gasteiger partial charge on any atom is -0.496 e. The van der Waals surface area contributed by atoms with Crippen LogP contribution in [0.3, 0.4) is 0 Å². The third kappa shape index (κ3) is 2.89. The van der Waals surface area contributed by atoms with Crippen molar-refractivity contribution in [3.8, 4) is 5.75 Å². The highest BCUT2D eigenvalue weighted by atomic mass is 32.2. The Hall–Kier alpha value is -0.670. The second-order valence-corrected chi connectivity index (χ2v) is 4.38. The lowest BCUT2D eigenvalue weighted by atomic mass is 9.97.